The third-order valence-corrected chi connectivity index (χ3v) is 3.49. The molecule has 7 heavy (non-hydrogen) atoms. The van der Waals surface area contributed by atoms with Crippen LogP contribution in [0.4, 0.5) is 0 Å². The van der Waals surface area contributed by atoms with E-state index >= 15 is 0 Å². The Morgan fingerprint density at radius 2 is 2.29 bits per heavy atom. The molecule has 0 heterocycles. The van der Waals surface area contributed by atoms with Crippen molar-refractivity contribution in [2.75, 3.05) is 0 Å². The maximum atomic E-state index is 10.1. The normalized spacial score (nSPS) is 13.6. The average Bonchev–Trinajstić information content (AvgIpc) is 1.65. The number of amides is 1. The summed E-state index contributed by atoms with van der Waals surface area (Å²) in [6.07, 6.45) is 0. The van der Waals surface area contributed by atoms with E-state index in [9.17, 15) is 4.79 Å². The van der Waals surface area contributed by atoms with Gasteiger partial charge in [0.2, 0.25) is 0 Å². The molecule has 0 saturated heterocycles. The Labute approximate surface area is 36.3 Å². The summed E-state index contributed by atoms with van der Waals surface area (Å²) in [6.45, 7) is 0.830. The fraction of sp³-hybridized carbons (Fsp3) is 0.667. The topological polar surface area (TPSA) is 69.1 Å². The van der Waals surface area contributed by atoms with Crippen LogP contribution in [-0.2, 0) is 4.79 Å². The summed E-state index contributed by atoms with van der Waals surface area (Å²) in [6, 6.07) is -0.365. The van der Waals surface area contributed by atoms with Gasteiger partial charge in [-0.15, -0.1) is 0 Å². The van der Waals surface area contributed by atoms with E-state index in [0.29, 0.717) is 0 Å². The molecule has 1 amide bonds. The van der Waals surface area contributed by atoms with Crippen molar-refractivity contribution in [1.29, 1.82) is 0 Å². The fourth-order valence-electron chi connectivity index (χ4n) is 0.142. The van der Waals surface area contributed by atoms with E-state index in [0.717, 1.165) is 6.92 Å². The molecule has 0 bridgehead atoms. The Balaban J connectivity index is 3.34. The second kappa shape index (κ2) is 1.77. The predicted molar refractivity (Wildman–Crippen MR) is 22.0 cm³/mol. The van der Waals surface area contributed by atoms with Crippen molar-refractivity contribution < 1.29 is 4.79 Å². The van der Waals surface area contributed by atoms with Crippen LogP contribution >= 0.6 is 0 Å². The van der Waals surface area contributed by atoms with E-state index in [-0.39, 0.29) is 11.9 Å². The van der Waals surface area contributed by atoms with E-state index < -0.39 is 0 Å². The van der Waals surface area contributed by atoms with Gasteiger partial charge in [0.1, 0.15) is 0 Å². The van der Waals surface area contributed by atoms with Crippen molar-refractivity contribution in [2.24, 2.45) is 11.5 Å². The van der Waals surface area contributed by atoms with Gasteiger partial charge >= 0.3 is 35.1 Å². The molecule has 0 radical (unpaired) electrons. The summed E-state index contributed by atoms with van der Waals surface area (Å²) < 4.78 is 0.504. The Kier molecular flexibility index (Phi) is 1.37. The van der Waals surface area contributed by atoms with Gasteiger partial charge in [-0.3, -0.25) is 0 Å². The molecular weight excluding hydrogens is 347 g/mol. The zero-order chi connectivity index (χ0) is 5.86. The first-order valence-corrected chi connectivity index (χ1v) is 6.55. The van der Waals surface area contributed by atoms with Crippen LogP contribution in [0.1, 0.15) is 0 Å². The van der Waals surface area contributed by atoms with E-state index in [1.807, 2.05) is 0 Å². The molecule has 0 aliphatic heterocycles. The minimum absolute atomic E-state index is 0.365. The monoisotopic (exact) mass is 354 g/mol. The SMILES string of the molecule is NC(=O)C(N)[CH2][Rf]. The van der Waals surface area contributed by atoms with Gasteiger partial charge in [0.25, 0.3) is 0 Å². The third kappa shape index (κ3) is 1.33. The second-order valence-corrected chi connectivity index (χ2v) is 3.91. The van der Waals surface area contributed by atoms with Crippen molar-refractivity contribution in [3.8, 4) is 0 Å². The molecule has 0 aromatic carbocycles. The predicted octanol–water partition coefficient (Wildman–Crippen LogP) is -1.23. The van der Waals surface area contributed by atoms with Crippen LogP contribution in [0.15, 0.2) is 0 Å². The quantitative estimate of drug-likeness (QED) is 0.652. The molecule has 3 nitrogen and oxygen atoms in total. The van der Waals surface area contributed by atoms with Gasteiger partial charge in [-0.05, 0) is 0 Å². The molecule has 0 fully saturated rings. The van der Waals surface area contributed by atoms with E-state index in [1.54, 1.807) is 0 Å². The Hall–Kier alpha value is -1.57. The zero-order valence-electron chi connectivity index (χ0n) is 4.05. The molecule has 1 atom stereocenters. The van der Waals surface area contributed by atoms with Crippen molar-refractivity contribution in [3.63, 3.8) is 0 Å². The van der Waals surface area contributed by atoms with Gasteiger partial charge in [0.05, 0.1) is 0 Å². The Morgan fingerprint density at radius 3 is 2.29 bits per heavy atom. The van der Waals surface area contributed by atoms with Crippen molar-refractivity contribution in [2.45, 2.75) is 13.0 Å². The summed E-state index contributed by atoms with van der Waals surface area (Å²) in [7, 11) is 0. The zero-order valence-corrected chi connectivity index (χ0v) is 10.5. The summed E-state index contributed by atoms with van der Waals surface area (Å²) in [4.78, 5) is 10.1. The molecule has 0 spiro atoms. The summed E-state index contributed by atoms with van der Waals surface area (Å²) in [5.74, 6) is -0.376. The van der Waals surface area contributed by atoms with Crippen LogP contribution in [0.5, 0.6) is 0 Å². The van der Waals surface area contributed by atoms with Crippen LogP contribution in [0.2, 0.25) is 6.92 Å². The molecule has 1 unspecified atom stereocenters. The van der Waals surface area contributed by atoms with Gasteiger partial charge in [-0.1, -0.05) is 0 Å². The van der Waals surface area contributed by atoms with Crippen LogP contribution in [0.25, 0.3) is 0 Å². The molecule has 0 aromatic rings. The van der Waals surface area contributed by atoms with E-state index in [4.69, 9.17) is 11.5 Å². The molecule has 0 aliphatic rings. The van der Waals surface area contributed by atoms with Crippen molar-refractivity contribution in [1.82, 2.24) is 0 Å². The van der Waals surface area contributed by atoms with Gasteiger partial charge in [-0.2, -0.15) is 0 Å². The molecular formula is C3H7N2ORf. The number of carbonyl (C=O) groups is 1. The van der Waals surface area contributed by atoms with Crippen molar-refractivity contribution >= 4 is 5.91 Å². The van der Waals surface area contributed by atoms with Crippen LogP contribution < -0.4 is 11.5 Å². The van der Waals surface area contributed by atoms with Gasteiger partial charge in [0.15, 0.2) is 0 Å². The summed E-state index contributed by atoms with van der Waals surface area (Å²) in [5.41, 5.74) is 10.0. The fourth-order valence-corrected chi connectivity index (χ4v) is 1.43. The Bertz CT molecular complexity index is 75.3. The van der Waals surface area contributed by atoms with Gasteiger partial charge < -0.3 is 0 Å². The number of primary amides is 1. The van der Waals surface area contributed by atoms with Gasteiger partial charge in [0, 0.05) is 0 Å². The first-order valence-electron chi connectivity index (χ1n) is 2.02. The molecule has 0 saturated carbocycles. The van der Waals surface area contributed by atoms with Crippen molar-refractivity contribution in [3.05, 3.63) is 0 Å². The van der Waals surface area contributed by atoms with Crippen LogP contribution in [0.3, 0.4) is 0 Å². The molecule has 0 aliphatic carbocycles. The maximum absolute atomic E-state index is 10.1. The molecule has 37 valence electrons. The molecule has 4 heteroatoms. The summed E-state index contributed by atoms with van der Waals surface area (Å²) in [5, 5.41) is 0. The standard InChI is InChI=1S/C3H7N2O.Rf/c1-2(4)3(5)6;/h2H,1,4H2,(H2,5,6);. The first kappa shape index (κ1) is 5.43. The second-order valence-electron chi connectivity index (χ2n) is 1.30. The number of hydrogen-bond donors (Lipinski definition) is 2. The van der Waals surface area contributed by atoms with E-state index in [1.165, 1.54) is 0 Å². The number of nitrogens with two attached hydrogens (primary N) is 2. The van der Waals surface area contributed by atoms with E-state index in [2.05, 4.69) is 0 Å². The molecule has 0 aromatic heterocycles. The minimum atomic E-state index is -0.376. The van der Waals surface area contributed by atoms with Crippen LogP contribution in [-0.4, -0.2) is 11.9 Å². The number of carbonyl (C=O) groups excluding carboxylic acids is 1. The molecule has 4 N–H and O–H groups in total. The summed E-state index contributed by atoms with van der Waals surface area (Å²) >= 11 is 0. The number of hydrogen-bond acceptors (Lipinski definition) is 2. The van der Waals surface area contributed by atoms with Crippen LogP contribution in [0, 0.1) is 0 Å². The Morgan fingerprint density at radius 1 is 1.86 bits per heavy atom. The molecule has 0 rings (SSSR count). The average molecular weight is 354 g/mol. The van der Waals surface area contributed by atoms with Gasteiger partial charge in [-0.25, -0.2) is 0 Å². The third-order valence-electron chi connectivity index (χ3n) is 0.676. The number of rotatable bonds is 2. The first-order chi connectivity index (χ1) is 3.18.